The molecule has 20 heavy (non-hydrogen) atoms. The van der Waals surface area contributed by atoms with Crippen molar-refractivity contribution in [3.05, 3.63) is 15.8 Å². The smallest absolute Gasteiger partial charge is 0.349 e. The quantitative estimate of drug-likeness (QED) is 0.636. The van der Waals surface area contributed by atoms with E-state index in [4.69, 9.17) is 19.3 Å². The van der Waals surface area contributed by atoms with E-state index in [0.29, 0.717) is 19.0 Å². The van der Waals surface area contributed by atoms with Crippen molar-refractivity contribution in [3.8, 4) is 5.75 Å². The number of aryl methyl sites for hydroxylation is 1. The molecule has 2 N–H and O–H groups in total. The third-order valence-electron chi connectivity index (χ3n) is 2.46. The van der Waals surface area contributed by atoms with Crippen LogP contribution in [0.25, 0.3) is 0 Å². The predicted octanol–water partition coefficient (Wildman–Crippen LogP) is 1.41. The third-order valence-corrected chi connectivity index (χ3v) is 3.71. The van der Waals surface area contributed by atoms with E-state index in [0.717, 1.165) is 11.3 Å². The van der Waals surface area contributed by atoms with Gasteiger partial charge >= 0.3 is 5.97 Å². The van der Waals surface area contributed by atoms with Crippen molar-refractivity contribution >= 4 is 17.3 Å². The van der Waals surface area contributed by atoms with Crippen molar-refractivity contribution in [2.75, 3.05) is 33.5 Å². The molecule has 1 aromatic heterocycles. The molecule has 0 saturated heterocycles. The average molecular weight is 304 g/mol. The molecular weight excluding hydrogens is 284 g/mol. The Morgan fingerprint density at radius 2 is 2.15 bits per heavy atom. The molecule has 0 amide bonds. The number of methoxy groups -OCH3 is 1. The molecule has 0 bridgehead atoms. The Balaban J connectivity index is 2.44. The molecule has 1 heterocycles. The molecule has 6 nitrogen and oxygen atoms in total. The summed E-state index contributed by atoms with van der Waals surface area (Å²) in [5.74, 6) is -0.717. The maximum Gasteiger partial charge on any atom is 0.349 e. The summed E-state index contributed by atoms with van der Waals surface area (Å²) >= 11 is 1.19. The van der Waals surface area contributed by atoms with E-state index >= 15 is 0 Å². The number of carboxylic acid groups (broad SMARTS) is 1. The molecule has 7 heteroatoms. The van der Waals surface area contributed by atoms with Crippen LogP contribution < -0.4 is 4.74 Å². The normalized spacial score (nSPS) is 12.3. The van der Waals surface area contributed by atoms with E-state index in [2.05, 4.69) is 0 Å². The molecule has 1 unspecified atom stereocenters. The second-order valence-corrected chi connectivity index (χ2v) is 5.23. The lowest BCUT2D eigenvalue weighted by Gasteiger charge is -2.12. The molecule has 0 aliphatic carbocycles. The van der Waals surface area contributed by atoms with Crippen LogP contribution in [0.2, 0.25) is 0 Å². The number of ether oxygens (including phenoxy) is 3. The summed E-state index contributed by atoms with van der Waals surface area (Å²) in [6.07, 6.45) is -0.0600. The Hall–Kier alpha value is -1.15. The first-order chi connectivity index (χ1) is 9.58. The first kappa shape index (κ1) is 16.9. The van der Waals surface area contributed by atoms with Gasteiger partial charge in [-0.25, -0.2) is 4.79 Å². The number of aromatic carboxylic acids is 1. The lowest BCUT2D eigenvalue weighted by molar-refractivity contribution is -0.00431. The number of carboxylic acids is 1. The topological polar surface area (TPSA) is 85.2 Å². The van der Waals surface area contributed by atoms with Crippen molar-refractivity contribution in [2.45, 2.75) is 19.4 Å². The van der Waals surface area contributed by atoms with Crippen LogP contribution in [0.4, 0.5) is 0 Å². The van der Waals surface area contributed by atoms with Crippen LogP contribution in [0, 0.1) is 0 Å². The van der Waals surface area contributed by atoms with Crippen LogP contribution in [0.15, 0.2) is 6.07 Å². The van der Waals surface area contributed by atoms with Crippen LogP contribution in [0.5, 0.6) is 5.75 Å². The largest absolute Gasteiger partial charge is 0.489 e. The van der Waals surface area contributed by atoms with Gasteiger partial charge in [0.2, 0.25) is 0 Å². The molecule has 0 aliphatic rings. The molecule has 1 atom stereocenters. The Kier molecular flexibility index (Phi) is 7.53. The lowest BCUT2D eigenvalue weighted by atomic mass is 10.3. The SMILES string of the molecule is CCc1cc(OCC(O)COCCOC)c(C(=O)O)s1. The Morgan fingerprint density at radius 3 is 2.75 bits per heavy atom. The van der Waals surface area contributed by atoms with E-state index in [1.54, 1.807) is 13.2 Å². The molecule has 0 aliphatic heterocycles. The zero-order valence-electron chi connectivity index (χ0n) is 11.6. The fourth-order valence-corrected chi connectivity index (χ4v) is 2.33. The van der Waals surface area contributed by atoms with Crippen LogP contribution in [-0.4, -0.2) is 55.8 Å². The molecule has 1 rings (SSSR count). The highest BCUT2D eigenvalue weighted by molar-refractivity contribution is 7.14. The summed E-state index contributed by atoms with van der Waals surface area (Å²) in [4.78, 5) is 12.2. The highest BCUT2D eigenvalue weighted by atomic mass is 32.1. The van der Waals surface area contributed by atoms with Gasteiger partial charge in [-0.05, 0) is 12.5 Å². The van der Waals surface area contributed by atoms with E-state index in [1.165, 1.54) is 11.3 Å². The van der Waals surface area contributed by atoms with Gasteiger partial charge in [0, 0.05) is 12.0 Å². The first-order valence-electron chi connectivity index (χ1n) is 6.32. The lowest BCUT2D eigenvalue weighted by Crippen LogP contribution is -2.24. The van der Waals surface area contributed by atoms with Crippen LogP contribution in [0.3, 0.4) is 0 Å². The van der Waals surface area contributed by atoms with Gasteiger partial charge in [0.25, 0.3) is 0 Å². The number of aliphatic hydroxyl groups excluding tert-OH is 1. The maximum absolute atomic E-state index is 11.1. The summed E-state index contributed by atoms with van der Waals surface area (Å²) in [6, 6.07) is 1.70. The minimum absolute atomic E-state index is 0.00680. The molecule has 0 fully saturated rings. The summed E-state index contributed by atoms with van der Waals surface area (Å²) < 4.78 is 15.3. The molecular formula is C13H20O6S. The summed E-state index contributed by atoms with van der Waals surface area (Å²) in [6.45, 7) is 2.91. The zero-order chi connectivity index (χ0) is 15.0. The Bertz CT molecular complexity index is 417. The van der Waals surface area contributed by atoms with E-state index in [1.807, 2.05) is 6.92 Å². The van der Waals surface area contributed by atoms with E-state index in [9.17, 15) is 9.90 Å². The van der Waals surface area contributed by atoms with Gasteiger partial charge in [0.1, 0.15) is 18.5 Å². The molecule has 0 radical (unpaired) electrons. The van der Waals surface area contributed by atoms with Crippen LogP contribution in [-0.2, 0) is 15.9 Å². The van der Waals surface area contributed by atoms with Crippen molar-refractivity contribution in [3.63, 3.8) is 0 Å². The fraction of sp³-hybridized carbons (Fsp3) is 0.615. The van der Waals surface area contributed by atoms with Gasteiger partial charge < -0.3 is 24.4 Å². The van der Waals surface area contributed by atoms with Crippen molar-refractivity contribution in [1.82, 2.24) is 0 Å². The monoisotopic (exact) mass is 304 g/mol. The second-order valence-electron chi connectivity index (χ2n) is 4.10. The highest BCUT2D eigenvalue weighted by Gasteiger charge is 2.17. The number of hydrogen-bond donors (Lipinski definition) is 2. The zero-order valence-corrected chi connectivity index (χ0v) is 12.4. The van der Waals surface area contributed by atoms with Gasteiger partial charge in [-0.3, -0.25) is 0 Å². The third kappa shape index (κ3) is 5.46. The van der Waals surface area contributed by atoms with Crippen LogP contribution in [0.1, 0.15) is 21.5 Å². The molecule has 0 aromatic carbocycles. The number of thiophene rings is 1. The fourth-order valence-electron chi connectivity index (χ4n) is 1.45. The standard InChI is InChI=1S/C13H20O6S/c1-3-10-6-11(12(20-10)13(15)16)19-8-9(14)7-18-5-4-17-2/h6,9,14H,3-5,7-8H2,1-2H3,(H,15,16). The molecule has 1 aromatic rings. The maximum atomic E-state index is 11.1. The van der Waals surface area contributed by atoms with Gasteiger partial charge in [-0.2, -0.15) is 0 Å². The highest BCUT2D eigenvalue weighted by Crippen LogP contribution is 2.29. The van der Waals surface area contributed by atoms with Crippen molar-refractivity contribution in [2.24, 2.45) is 0 Å². The number of hydrogen-bond acceptors (Lipinski definition) is 6. The second kappa shape index (κ2) is 8.91. The molecule has 114 valence electrons. The van der Waals surface area contributed by atoms with Gasteiger partial charge in [-0.15, -0.1) is 11.3 Å². The Labute approximate surface area is 121 Å². The minimum Gasteiger partial charge on any atom is -0.489 e. The number of rotatable bonds is 10. The van der Waals surface area contributed by atoms with E-state index in [-0.39, 0.29) is 18.1 Å². The average Bonchev–Trinajstić information content (AvgIpc) is 2.85. The minimum atomic E-state index is -1.02. The summed E-state index contributed by atoms with van der Waals surface area (Å²) in [5, 5.41) is 18.7. The van der Waals surface area contributed by atoms with Gasteiger partial charge in [0.05, 0.1) is 19.8 Å². The van der Waals surface area contributed by atoms with Gasteiger partial charge in [0.15, 0.2) is 4.88 Å². The summed E-state index contributed by atoms with van der Waals surface area (Å²) in [5.41, 5.74) is 0. The summed E-state index contributed by atoms with van der Waals surface area (Å²) in [7, 11) is 1.57. The van der Waals surface area contributed by atoms with Crippen molar-refractivity contribution in [1.29, 1.82) is 0 Å². The molecule has 0 saturated carbocycles. The van der Waals surface area contributed by atoms with Gasteiger partial charge in [-0.1, -0.05) is 6.92 Å². The van der Waals surface area contributed by atoms with E-state index < -0.39 is 12.1 Å². The predicted molar refractivity (Wildman–Crippen MR) is 74.9 cm³/mol. The number of carbonyl (C=O) groups is 1. The molecule has 0 spiro atoms. The van der Waals surface area contributed by atoms with Crippen LogP contribution >= 0.6 is 11.3 Å². The Morgan fingerprint density at radius 1 is 1.40 bits per heavy atom. The van der Waals surface area contributed by atoms with Crippen molar-refractivity contribution < 1.29 is 29.2 Å². The number of aliphatic hydroxyl groups is 1. The first-order valence-corrected chi connectivity index (χ1v) is 7.13.